The van der Waals surface area contributed by atoms with Gasteiger partial charge in [-0.2, -0.15) is 0 Å². The molecule has 2 aromatic rings. The number of nitrogens with one attached hydrogen (secondary N) is 1. The lowest BCUT2D eigenvalue weighted by Crippen LogP contribution is -2.68. The van der Waals surface area contributed by atoms with Crippen LogP contribution in [0.15, 0.2) is 42.5 Å². The number of fused-ring (bicyclic) bond motifs is 2. The summed E-state index contributed by atoms with van der Waals surface area (Å²) >= 11 is 6.48. The van der Waals surface area contributed by atoms with E-state index in [9.17, 15) is 20.1 Å². The van der Waals surface area contributed by atoms with E-state index in [0.29, 0.717) is 23.6 Å². The maximum absolute atomic E-state index is 11.6. The molecule has 3 aliphatic rings. The van der Waals surface area contributed by atoms with Crippen molar-refractivity contribution < 1.29 is 39.1 Å². The molecule has 3 fully saturated rings. The number of benzene rings is 2. The molecule has 34 heavy (non-hydrogen) atoms. The fraction of sp³-hybridized carbons (Fsp3) is 0.458. The molecular weight excluding hydrogens is 466 g/mol. The number of cyclic esters (lactones) is 1. The highest BCUT2D eigenvalue weighted by molar-refractivity contribution is 6.31. The Labute approximate surface area is 201 Å². The van der Waals surface area contributed by atoms with Gasteiger partial charge in [0.15, 0.2) is 11.7 Å². The van der Waals surface area contributed by atoms with Crippen molar-refractivity contribution in [3.63, 3.8) is 0 Å². The van der Waals surface area contributed by atoms with E-state index in [1.54, 1.807) is 18.2 Å². The lowest BCUT2D eigenvalue weighted by molar-refractivity contribution is -0.335. The standard InChI is InChI=1S/C24H26ClNO8/c1-2-31-16-6-3-13(4-7-16)9-14-10-15(5-8-17(14)25)24-21(29)19(27)20(28)23(34-24,12-32-24)18-11-26-22(30)33-18/h3-8,10,18-21,27-29H,2,9,11-12H2,1H3,(H,26,30)/t18-,19+,20+,21-,23-,24+/m1/s1. The van der Waals surface area contributed by atoms with Gasteiger partial charge in [-0.05, 0) is 48.7 Å². The number of amides is 1. The molecule has 1 amide bonds. The molecule has 0 spiro atoms. The number of aliphatic hydroxyl groups excluding tert-OH is 3. The molecule has 0 unspecified atom stereocenters. The van der Waals surface area contributed by atoms with Gasteiger partial charge >= 0.3 is 6.09 Å². The summed E-state index contributed by atoms with van der Waals surface area (Å²) in [6.07, 6.45) is -5.80. The number of aliphatic hydroxyl groups is 3. The van der Waals surface area contributed by atoms with Gasteiger partial charge in [-0.25, -0.2) is 4.79 Å². The highest BCUT2D eigenvalue weighted by atomic mass is 35.5. The SMILES string of the molecule is CCOc1ccc(Cc2cc([C@]34OC[C@]([C@H]5CNC(=O)O5)(O3)[C@@H](O)[C@H](O)[C@H]4O)ccc2Cl)cc1. The Balaban J connectivity index is 1.47. The molecule has 0 saturated carbocycles. The topological polar surface area (TPSA) is 127 Å². The molecular formula is C24H26ClNO8. The van der Waals surface area contributed by atoms with Gasteiger partial charge < -0.3 is 39.6 Å². The van der Waals surface area contributed by atoms with Crippen molar-refractivity contribution in [1.82, 2.24) is 5.32 Å². The van der Waals surface area contributed by atoms with Gasteiger partial charge in [0.05, 0.1) is 19.8 Å². The lowest BCUT2D eigenvalue weighted by Gasteiger charge is -2.47. The molecule has 6 atom stereocenters. The van der Waals surface area contributed by atoms with E-state index in [4.69, 9.17) is 30.5 Å². The Morgan fingerprint density at radius 2 is 1.91 bits per heavy atom. The van der Waals surface area contributed by atoms with Crippen molar-refractivity contribution in [3.8, 4) is 5.75 Å². The average Bonchev–Trinajstić information content (AvgIpc) is 3.44. The summed E-state index contributed by atoms with van der Waals surface area (Å²) < 4.78 is 22.9. The third kappa shape index (κ3) is 3.64. The number of halogens is 1. The molecule has 0 radical (unpaired) electrons. The van der Waals surface area contributed by atoms with Gasteiger partial charge in [0.25, 0.3) is 0 Å². The van der Waals surface area contributed by atoms with Gasteiger partial charge in [0, 0.05) is 10.6 Å². The molecule has 4 N–H and O–H groups in total. The second-order valence-corrected chi connectivity index (χ2v) is 9.14. The fourth-order valence-electron chi connectivity index (χ4n) is 4.88. The zero-order valence-electron chi connectivity index (χ0n) is 18.4. The van der Waals surface area contributed by atoms with Crippen LogP contribution in [0.5, 0.6) is 5.75 Å². The Kier molecular flexibility index (Phi) is 5.96. The molecule has 2 aromatic carbocycles. The fourth-order valence-corrected chi connectivity index (χ4v) is 5.06. The average molecular weight is 492 g/mol. The van der Waals surface area contributed by atoms with E-state index in [2.05, 4.69) is 5.32 Å². The van der Waals surface area contributed by atoms with Gasteiger partial charge in [0.1, 0.15) is 24.1 Å². The Morgan fingerprint density at radius 1 is 1.15 bits per heavy atom. The van der Waals surface area contributed by atoms with E-state index in [0.717, 1.165) is 16.9 Å². The highest BCUT2D eigenvalue weighted by Gasteiger charge is 2.71. The summed E-state index contributed by atoms with van der Waals surface area (Å²) in [4.78, 5) is 11.6. The monoisotopic (exact) mass is 491 g/mol. The van der Waals surface area contributed by atoms with Crippen LogP contribution < -0.4 is 10.1 Å². The van der Waals surface area contributed by atoms with Crippen LogP contribution in [-0.2, 0) is 26.4 Å². The molecule has 10 heteroatoms. The summed E-state index contributed by atoms with van der Waals surface area (Å²) in [6, 6.07) is 12.7. The van der Waals surface area contributed by atoms with E-state index in [1.165, 1.54) is 0 Å². The van der Waals surface area contributed by atoms with E-state index in [1.807, 2.05) is 31.2 Å². The van der Waals surface area contributed by atoms with Gasteiger partial charge in [-0.15, -0.1) is 0 Å². The smallest absolute Gasteiger partial charge is 0.407 e. The van der Waals surface area contributed by atoms with Crippen LogP contribution in [0.4, 0.5) is 4.79 Å². The minimum atomic E-state index is -1.77. The van der Waals surface area contributed by atoms with Crippen LogP contribution in [0.1, 0.15) is 23.6 Å². The third-order valence-electron chi connectivity index (χ3n) is 6.69. The molecule has 0 aliphatic carbocycles. The minimum absolute atomic E-state index is 0.0712. The van der Waals surface area contributed by atoms with Crippen molar-refractivity contribution in [2.75, 3.05) is 19.8 Å². The third-order valence-corrected chi connectivity index (χ3v) is 7.06. The van der Waals surface area contributed by atoms with Crippen molar-refractivity contribution in [2.24, 2.45) is 0 Å². The normalized spacial score (nSPS) is 34.6. The second-order valence-electron chi connectivity index (χ2n) is 8.73. The minimum Gasteiger partial charge on any atom is -0.494 e. The first-order valence-corrected chi connectivity index (χ1v) is 11.5. The van der Waals surface area contributed by atoms with Crippen LogP contribution in [0.2, 0.25) is 5.02 Å². The summed E-state index contributed by atoms with van der Waals surface area (Å²) in [7, 11) is 0. The van der Waals surface area contributed by atoms with Gasteiger partial charge in [-0.1, -0.05) is 29.8 Å². The summed E-state index contributed by atoms with van der Waals surface area (Å²) in [5.41, 5.74) is 0.623. The summed E-state index contributed by atoms with van der Waals surface area (Å²) in [5.74, 6) is -1.000. The highest BCUT2D eigenvalue weighted by Crippen LogP contribution is 2.52. The quantitative estimate of drug-likeness (QED) is 0.478. The number of rotatable bonds is 6. The predicted molar refractivity (Wildman–Crippen MR) is 120 cm³/mol. The number of alkyl carbamates (subject to hydrolysis) is 1. The zero-order chi connectivity index (χ0) is 24.1. The first-order chi connectivity index (χ1) is 16.3. The second kappa shape index (κ2) is 8.67. The van der Waals surface area contributed by atoms with E-state index in [-0.39, 0.29) is 13.2 Å². The van der Waals surface area contributed by atoms with Gasteiger partial charge in [0.2, 0.25) is 5.79 Å². The van der Waals surface area contributed by atoms with Crippen LogP contribution in [0.25, 0.3) is 0 Å². The molecule has 2 bridgehead atoms. The number of hydrogen-bond donors (Lipinski definition) is 4. The number of carbonyl (C=O) groups is 1. The van der Waals surface area contributed by atoms with Crippen molar-refractivity contribution in [2.45, 2.75) is 49.1 Å². The van der Waals surface area contributed by atoms with Crippen LogP contribution in [0, 0.1) is 0 Å². The first kappa shape index (κ1) is 23.3. The first-order valence-electron chi connectivity index (χ1n) is 11.1. The molecule has 0 aromatic heterocycles. The molecule has 9 nitrogen and oxygen atoms in total. The predicted octanol–water partition coefficient (Wildman–Crippen LogP) is 1.47. The van der Waals surface area contributed by atoms with Crippen LogP contribution in [-0.4, -0.2) is 71.2 Å². The lowest BCUT2D eigenvalue weighted by atomic mass is 9.80. The Bertz CT molecular complexity index is 1080. The van der Waals surface area contributed by atoms with Crippen LogP contribution in [0.3, 0.4) is 0 Å². The number of ether oxygens (including phenoxy) is 4. The van der Waals surface area contributed by atoms with E-state index < -0.39 is 41.9 Å². The van der Waals surface area contributed by atoms with Crippen molar-refractivity contribution in [3.05, 3.63) is 64.2 Å². The number of carbonyl (C=O) groups excluding carboxylic acids is 1. The largest absolute Gasteiger partial charge is 0.494 e. The summed E-state index contributed by atoms with van der Waals surface area (Å²) in [6.45, 7) is 2.37. The number of hydrogen-bond acceptors (Lipinski definition) is 8. The van der Waals surface area contributed by atoms with Crippen LogP contribution >= 0.6 is 11.6 Å². The molecule has 5 rings (SSSR count). The molecule has 182 valence electrons. The maximum Gasteiger partial charge on any atom is 0.407 e. The zero-order valence-corrected chi connectivity index (χ0v) is 19.2. The maximum atomic E-state index is 11.6. The molecule has 3 aliphatic heterocycles. The Hall–Kier alpha value is -2.40. The van der Waals surface area contributed by atoms with E-state index >= 15 is 0 Å². The summed E-state index contributed by atoms with van der Waals surface area (Å²) in [5, 5.41) is 35.5. The van der Waals surface area contributed by atoms with Crippen molar-refractivity contribution in [1.29, 1.82) is 0 Å². The molecule has 3 heterocycles. The molecule has 3 saturated heterocycles. The Morgan fingerprint density at radius 3 is 2.59 bits per heavy atom. The van der Waals surface area contributed by atoms with Gasteiger partial charge in [-0.3, -0.25) is 0 Å². The van der Waals surface area contributed by atoms with Crippen molar-refractivity contribution >= 4 is 17.7 Å².